The molecule has 5 rings (SSSR count). The third-order valence-corrected chi connectivity index (χ3v) is 9.07. The minimum Gasteiger partial charge on any atom is -0.278 e. The fourth-order valence-electron chi connectivity index (χ4n) is 6.32. The summed E-state index contributed by atoms with van der Waals surface area (Å²) in [4.78, 5) is 0. The Balaban J connectivity index is 1.67. The molecule has 0 spiro atoms. The van der Waals surface area contributed by atoms with Crippen LogP contribution >= 0.6 is 0 Å². The van der Waals surface area contributed by atoms with E-state index in [2.05, 4.69) is 150 Å². The van der Waals surface area contributed by atoms with E-state index < -0.39 is 0 Å². The Morgan fingerprint density at radius 3 is 1.82 bits per heavy atom. The van der Waals surface area contributed by atoms with Gasteiger partial charge < -0.3 is 0 Å². The van der Waals surface area contributed by atoms with Crippen molar-refractivity contribution < 1.29 is 0 Å². The Labute approximate surface area is 271 Å². The number of nitrogens with zero attached hydrogens (tertiary/aromatic N) is 3. The quantitative estimate of drug-likeness (QED) is 0.143. The predicted octanol–water partition coefficient (Wildman–Crippen LogP) is 12.2. The maximum Gasteiger partial charge on any atom is 0.168 e. The van der Waals surface area contributed by atoms with E-state index in [1.807, 2.05) is 0 Å². The van der Waals surface area contributed by atoms with Gasteiger partial charge in [-0.15, -0.1) is 10.2 Å². The van der Waals surface area contributed by atoms with Crippen LogP contribution in [0.5, 0.6) is 0 Å². The van der Waals surface area contributed by atoms with Crippen LogP contribution in [-0.2, 0) is 5.41 Å². The van der Waals surface area contributed by atoms with E-state index in [0.717, 1.165) is 30.1 Å². The summed E-state index contributed by atoms with van der Waals surface area (Å²) < 4.78 is 2.40. The van der Waals surface area contributed by atoms with Gasteiger partial charge in [0.15, 0.2) is 5.82 Å². The molecule has 0 aliphatic carbocycles. The second-order valence-electron chi connectivity index (χ2n) is 13.9. The molecule has 0 bridgehead atoms. The molecule has 3 nitrogen and oxygen atoms in total. The average molecular weight is 598 g/mol. The number of benzene rings is 4. The number of hydrogen-bond acceptors (Lipinski definition) is 2. The van der Waals surface area contributed by atoms with Crippen LogP contribution in [0, 0.1) is 0 Å². The van der Waals surface area contributed by atoms with Gasteiger partial charge in [0.2, 0.25) is 0 Å². The minimum atomic E-state index is 0.136. The molecule has 5 aromatic rings. The first kappa shape index (κ1) is 32.4. The molecule has 1 heterocycles. The monoisotopic (exact) mass is 597 g/mol. The van der Waals surface area contributed by atoms with E-state index in [-0.39, 0.29) is 5.41 Å². The molecular formula is C42H51N3. The highest BCUT2D eigenvalue weighted by molar-refractivity contribution is 5.72. The van der Waals surface area contributed by atoms with E-state index in [4.69, 9.17) is 10.2 Å². The molecule has 1 aromatic heterocycles. The number of hydrogen-bond donors (Lipinski definition) is 0. The molecule has 0 aliphatic heterocycles. The van der Waals surface area contributed by atoms with Gasteiger partial charge in [0.1, 0.15) is 5.82 Å². The van der Waals surface area contributed by atoms with Crippen molar-refractivity contribution in [3.05, 3.63) is 114 Å². The van der Waals surface area contributed by atoms with E-state index >= 15 is 0 Å². The van der Waals surface area contributed by atoms with Crippen molar-refractivity contribution in [3.8, 4) is 39.3 Å². The fourth-order valence-corrected chi connectivity index (χ4v) is 6.32. The molecule has 0 amide bonds. The minimum absolute atomic E-state index is 0.136. The highest BCUT2D eigenvalue weighted by Gasteiger charge is 2.25. The van der Waals surface area contributed by atoms with Crippen LogP contribution < -0.4 is 0 Å². The summed E-state index contributed by atoms with van der Waals surface area (Å²) in [7, 11) is 0. The Kier molecular flexibility index (Phi) is 10.4. The second-order valence-corrected chi connectivity index (χ2v) is 13.9. The van der Waals surface area contributed by atoms with E-state index in [0.29, 0.717) is 11.8 Å². The molecule has 4 aromatic carbocycles. The van der Waals surface area contributed by atoms with E-state index in [9.17, 15) is 0 Å². The standard InChI is InChI=1S/C42H51N3/c1-8-10-16-33(17-11-9-2)40-43-44-41(36-21-15-20-34(28-36)31-18-13-12-14-19-31)45(40)39-27-24-35(29-38(39)30(3)4)32-22-25-37(26-23-32)42(5,6)7/h12-15,18-30,33H,8-11,16-17H2,1-7H3. The van der Waals surface area contributed by atoms with E-state index in [1.165, 1.54) is 64.8 Å². The molecule has 45 heavy (non-hydrogen) atoms. The zero-order chi connectivity index (χ0) is 32.0. The lowest BCUT2D eigenvalue weighted by atomic mass is 9.86. The normalized spacial score (nSPS) is 11.9. The van der Waals surface area contributed by atoms with Crippen LogP contribution in [-0.4, -0.2) is 14.8 Å². The summed E-state index contributed by atoms with van der Waals surface area (Å²) in [5, 5.41) is 9.97. The van der Waals surface area contributed by atoms with Gasteiger partial charge in [-0.05, 0) is 75.8 Å². The van der Waals surface area contributed by atoms with Crippen molar-refractivity contribution in [2.45, 2.75) is 104 Å². The van der Waals surface area contributed by atoms with Gasteiger partial charge >= 0.3 is 0 Å². The lowest BCUT2D eigenvalue weighted by molar-refractivity contribution is 0.496. The topological polar surface area (TPSA) is 30.7 Å². The Hall–Kier alpha value is -3.98. The van der Waals surface area contributed by atoms with Crippen LogP contribution in [0.15, 0.2) is 97.1 Å². The molecule has 0 atom stereocenters. The predicted molar refractivity (Wildman–Crippen MR) is 192 cm³/mol. The molecule has 0 N–H and O–H groups in total. The molecule has 0 saturated heterocycles. The van der Waals surface area contributed by atoms with Crippen molar-refractivity contribution >= 4 is 0 Å². The Bertz CT molecular complexity index is 1660. The molecule has 3 heteroatoms. The summed E-state index contributed by atoms with van der Waals surface area (Å²) in [6.07, 6.45) is 7.02. The van der Waals surface area contributed by atoms with Crippen LogP contribution in [0.25, 0.3) is 39.3 Å². The van der Waals surface area contributed by atoms with Crippen LogP contribution in [0.2, 0.25) is 0 Å². The smallest absolute Gasteiger partial charge is 0.168 e. The van der Waals surface area contributed by atoms with Crippen molar-refractivity contribution in [1.29, 1.82) is 0 Å². The third-order valence-electron chi connectivity index (χ3n) is 9.07. The van der Waals surface area contributed by atoms with Crippen LogP contribution in [0.1, 0.15) is 116 Å². The Morgan fingerprint density at radius 2 is 1.20 bits per heavy atom. The van der Waals surface area contributed by atoms with Gasteiger partial charge in [0.25, 0.3) is 0 Å². The maximum atomic E-state index is 5.00. The lowest BCUT2D eigenvalue weighted by Gasteiger charge is -2.23. The van der Waals surface area contributed by atoms with Gasteiger partial charge in [0, 0.05) is 11.5 Å². The van der Waals surface area contributed by atoms with Crippen molar-refractivity contribution in [2.75, 3.05) is 0 Å². The first-order chi connectivity index (χ1) is 21.7. The lowest BCUT2D eigenvalue weighted by Crippen LogP contribution is -2.12. The molecule has 234 valence electrons. The van der Waals surface area contributed by atoms with Crippen molar-refractivity contribution in [3.63, 3.8) is 0 Å². The van der Waals surface area contributed by atoms with Gasteiger partial charge in [-0.3, -0.25) is 4.57 Å². The molecule has 0 fully saturated rings. The van der Waals surface area contributed by atoms with Crippen LogP contribution in [0.4, 0.5) is 0 Å². The molecule has 0 unspecified atom stereocenters. The maximum absolute atomic E-state index is 5.00. The molecule has 0 radical (unpaired) electrons. The first-order valence-electron chi connectivity index (χ1n) is 17.1. The fraction of sp³-hybridized carbons (Fsp3) is 0.381. The number of aromatic nitrogens is 3. The van der Waals surface area contributed by atoms with Gasteiger partial charge in [0.05, 0.1) is 5.69 Å². The van der Waals surface area contributed by atoms with Gasteiger partial charge in [-0.1, -0.05) is 153 Å². The summed E-state index contributed by atoms with van der Waals surface area (Å²) in [6.45, 7) is 16.0. The van der Waals surface area contributed by atoms with Crippen molar-refractivity contribution in [1.82, 2.24) is 14.8 Å². The number of unbranched alkanes of at least 4 members (excludes halogenated alkanes) is 2. The van der Waals surface area contributed by atoms with Gasteiger partial charge in [-0.25, -0.2) is 0 Å². The second kappa shape index (κ2) is 14.4. The summed E-state index contributed by atoms with van der Waals surface area (Å²) >= 11 is 0. The first-order valence-corrected chi connectivity index (χ1v) is 17.1. The largest absolute Gasteiger partial charge is 0.278 e. The van der Waals surface area contributed by atoms with Crippen molar-refractivity contribution in [2.24, 2.45) is 0 Å². The van der Waals surface area contributed by atoms with Gasteiger partial charge in [-0.2, -0.15) is 0 Å². The zero-order valence-electron chi connectivity index (χ0n) is 28.5. The van der Waals surface area contributed by atoms with Crippen LogP contribution in [0.3, 0.4) is 0 Å². The molecule has 0 aliphatic rings. The Morgan fingerprint density at radius 1 is 0.622 bits per heavy atom. The number of rotatable bonds is 12. The summed E-state index contributed by atoms with van der Waals surface area (Å²) in [6, 6.07) is 35.5. The highest BCUT2D eigenvalue weighted by Crippen LogP contribution is 2.37. The average Bonchev–Trinajstić information content (AvgIpc) is 3.49. The highest BCUT2D eigenvalue weighted by atomic mass is 15.3. The summed E-state index contributed by atoms with van der Waals surface area (Å²) in [5.41, 5.74) is 9.99. The zero-order valence-corrected chi connectivity index (χ0v) is 28.5. The van der Waals surface area contributed by atoms with E-state index in [1.54, 1.807) is 0 Å². The summed E-state index contributed by atoms with van der Waals surface area (Å²) in [5.74, 6) is 2.72. The molecular weight excluding hydrogens is 546 g/mol. The molecule has 0 saturated carbocycles. The SMILES string of the molecule is CCCCC(CCCC)c1nnc(-c2cccc(-c3ccccc3)c2)n1-c1ccc(-c2ccc(C(C)(C)C)cc2)cc1C(C)C. The third kappa shape index (κ3) is 7.47.